The van der Waals surface area contributed by atoms with Gasteiger partial charge in [0.2, 0.25) is 0 Å². The van der Waals surface area contributed by atoms with E-state index in [-0.39, 0.29) is 0 Å². The van der Waals surface area contributed by atoms with Crippen LogP contribution in [0.5, 0.6) is 0 Å². The van der Waals surface area contributed by atoms with Crippen LogP contribution in [0.3, 0.4) is 0 Å². The normalized spacial score (nSPS) is 12.1. The largest absolute Gasteiger partial charge is 0.389 e. The lowest BCUT2D eigenvalue weighted by Crippen LogP contribution is -2.38. The third-order valence-corrected chi connectivity index (χ3v) is 3.42. The van der Waals surface area contributed by atoms with Crippen molar-refractivity contribution in [3.05, 3.63) is 52.9 Å². The Hall–Kier alpha value is -1.65. The first-order chi connectivity index (χ1) is 9.85. The van der Waals surface area contributed by atoms with E-state index in [1.807, 2.05) is 45.9 Å². The molecule has 0 bridgehead atoms. The molecule has 1 aromatic heterocycles. The fourth-order valence-corrected chi connectivity index (χ4v) is 2.51. The summed E-state index contributed by atoms with van der Waals surface area (Å²) in [6, 6.07) is 10.3. The smallest absolute Gasteiger partial charge is 0.138 e. The third-order valence-electron chi connectivity index (χ3n) is 3.42. The van der Waals surface area contributed by atoms with Crippen LogP contribution >= 0.6 is 0 Å². The van der Waals surface area contributed by atoms with E-state index in [2.05, 4.69) is 22.2 Å². The van der Waals surface area contributed by atoms with Crippen molar-refractivity contribution in [3.63, 3.8) is 0 Å². The molecule has 0 radical (unpaired) electrons. The van der Waals surface area contributed by atoms with E-state index in [0.29, 0.717) is 6.54 Å². The predicted octanol–water partition coefficient (Wildman–Crippen LogP) is 3.06. The molecule has 114 valence electrons. The highest BCUT2D eigenvalue weighted by Gasteiger charge is 2.21. The fraction of sp³-hybridized carbons (Fsp3) is 0.471. The average molecular weight is 288 g/mol. The lowest BCUT2D eigenvalue weighted by atomic mass is 10.1. The number of aliphatic hydroxyl groups is 1. The maximum Gasteiger partial charge on any atom is 0.138 e. The third kappa shape index (κ3) is 4.69. The van der Waals surface area contributed by atoms with E-state index >= 15 is 0 Å². The van der Waals surface area contributed by atoms with Gasteiger partial charge in [0.05, 0.1) is 11.3 Å². The van der Waals surface area contributed by atoms with Gasteiger partial charge in [-0.25, -0.2) is 0 Å². The van der Waals surface area contributed by atoms with Crippen molar-refractivity contribution in [2.45, 2.75) is 46.4 Å². The summed E-state index contributed by atoms with van der Waals surface area (Å²) >= 11 is 0. The molecule has 2 rings (SSSR count). The summed E-state index contributed by atoms with van der Waals surface area (Å²) in [4.78, 5) is 2.22. The van der Waals surface area contributed by atoms with Crippen molar-refractivity contribution >= 4 is 0 Å². The molecule has 1 heterocycles. The zero-order valence-corrected chi connectivity index (χ0v) is 13.3. The lowest BCUT2D eigenvalue weighted by Gasteiger charge is -2.29. The van der Waals surface area contributed by atoms with Gasteiger partial charge < -0.3 is 9.63 Å². The van der Waals surface area contributed by atoms with E-state index in [9.17, 15) is 5.11 Å². The van der Waals surface area contributed by atoms with Gasteiger partial charge in [0, 0.05) is 25.2 Å². The zero-order chi connectivity index (χ0) is 15.5. The van der Waals surface area contributed by atoms with Gasteiger partial charge in [0.25, 0.3) is 0 Å². The predicted molar refractivity (Wildman–Crippen MR) is 82.8 cm³/mol. The van der Waals surface area contributed by atoms with Crippen molar-refractivity contribution in [2.75, 3.05) is 6.54 Å². The van der Waals surface area contributed by atoms with Crippen molar-refractivity contribution in [3.8, 4) is 0 Å². The molecule has 0 saturated carbocycles. The van der Waals surface area contributed by atoms with Crippen LogP contribution in [0.2, 0.25) is 0 Å². The molecular weight excluding hydrogens is 264 g/mol. The van der Waals surface area contributed by atoms with Crippen molar-refractivity contribution in [1.82, 2.24) is 10.1 Å². The molecule has 0 spiro atoms. The highest BCUT2D eigenvalue weighted by atomic mass is 16.5. The molecule has 0 aliphatic carbocycles. The van der Waals surface area contributed by atoms with Crippen LogP contribution in [0.25, 0.3) is 0 Å². The molecule has 21 heavy (non-hydrogen) atoms. The molecular formula is C17H24N2O2. The summed E-state index contributed by atoms with van der Waals surface area (Å²) in [5.41, 5.74) is 2.51. The van der Waals surface area contributed by atoms with Crippen molar-refractivity contribution in [2.24, 2.45) is 0 Å². The van der Waals surface area contributed by atoms with Crippen LogP contribution < -0.4 is 0 Å². The molecule has 0 fully saturated rings. The van der Waals surface area contributed by atoms with Crippen LogP contribution in [-0.4, -0.2) is 27.3 Å². The molecule has 1 aromatic carbocycles. The Balaban J connectivity index is 2.16. The van der Waals surface area contributed by atoms with E-state index in [1.54, 1.807) is 0 Å². The zero-order valence-electron chi connectivity index (χ0n) is 13.3. The van der Waals surface area contributed by atoms with Crippen LogP contribution in [0.1, 0.15) is 36.4 Å². The van der Waals surface area contributed by atoms with Gasteiger partial charge >= 0.3 is 0 Å². The van der Waals surface area contributed by atoms with E-state index in [4.69, 9.17) is 4.52 Å². The second-order valence-corrected chi connectivity index (χ2v) is 6.25. The first-order valence-electron chi connectivity index (χ1n) is 7.25. The van der Waals surface area contributed by atoms with Crippen LogP contribution in [0, 0.1) is 13.8 Å². The topological polar surface area (TPSA) is 49.5 Å². The summed E-state index contributed by atoms with van der Waals surface area (Å²) in [5, 5.41) is 14.2. The number of aryl methyl sites for hydroxylation is 2. The molecule has 1 N–H and O–H groups in total. The monoisotopic (exact) mass is 288 g/mol. The second kappa shape index (κ2) is 6.41. The Bertz CT molecular complexity index is 551. The molecule has 0 aliphatic rings. The molecule has 0 atom stereocenters. The Morgan fingerprint density at radius 3 is 2.33 bits per heavy atom. The van der Waals surface area contributed by atoms with Gasteiger partial charge in [-0.2, -0.15) is 0 Å². The summed E-state index contributed by atoms with van der Waals surface area (Å²) in [6.07, 6.45) is 0. The number of hydrogen-bond donors (Lipinski definition) is 1. The standard InChI is InChI=1S/C17H24N2O2/c1-13-16(14(2)21-18-13)11-19(12-17(3,4)20)10-15-8-6-5-7-9-15/h5-9,20H,10-12H2,1-4H3. The minimum Gasteiger partial charge on any atom is -0.389 e. The second-order valence-electron chi connectivity index (χ2n) is 6.25. The molecule has 0 amide bonds. The van der Waals surface area contributed by atoms with E-state index in [1.165, 1.54) is 5.56 Å². The lowest BCUT2D eigenvalue weighted by molar-refractivity contribution is 0.0304. The average Bonchev–Trinajstić information content (AvgIpc) is 2.70. The van der Waals surface area contributed by atoms with Crippen LogP contribution in [0.15, 0.2) is 34.9 Å². The van der Waals surface area contributed by atoms with Gasteiger partial charge in [-0.15, -0.1) is 0 Å². The van der Waals surface area contributed by atoms with Gasteiger partial charge in [-0.05, 0) is 33.3 Å². The first-order valence-corrected chi connectivity index (χ1v) is 7.25. The van der Waals surface area contributed by atoms with Crippen molar-refractivity contribution in [1.29, 1.82) is 0 Å². The Morgan fingerprint density at radius 2 is 1.81 bits per heavy atom. The molecule has 0 saturated heterocycles. The Labute approximate surface area is 126 Å². The summed E-state index contributed by atoms with van der Waals surface area (Å²) in [6.45, 7) is 9.65. The highest BCUT2D eigenvalue weighted by molar-refractivity contribution is 5.21. The van der Waals surface area contributed by atoms with Gasteiger partial charge in [0.1, 0.15) is 5.76 Å². The van der Waals surface area contributed by atoms with Gasteiger partial charge in [-0.1, -0.05) is 35.5 Å². The van der Waals surface area contributed by atoms with Gasteiger partial charge in [0.15, 0.2) is 0 Å². The fourth-order valence-electron chi connectivity index (χ4n) is 2.51. The number of hydrogen-bond acceptors (Lipinski definition) is 4. The highest BCUT2D eigenvalue weighted by Crippen LogP contribution is 2.18. The number of benzene rings is 1. The minimum atomic E-state index is -0.742. The van der Waals surface area contributed by atoms with Crippen molar-refractivity contribution < 1.29 is 9.63 Å². The molecule has 0 aliphatic heterocycles. The summed E-state index contributed by atoms with van der Waals surface area (Å²) in [7, 11) is 0. The number of nitrogens with zero attached hydrogens (tertiary/aromatic N) is 2. The van der Waals surface area contributed by atoms with E-state index < -0.39 is 5.60 Å². The number of rotatable bonds is 6. The Morgan fingerprint density at radius 1 is 1.14 bits per heavy atom. The quantitative estimate of drug-likeness (QED) is 0.887. The molecule has 4 heteroatoms. The first kappa shape index (κ1) is 15.7. The minimum absolute atomic E-state index is 0.589. The summed E-state index contributed by atoms with van der Waals surface area (Å²) < 4.78 is 5.24. The van der Waals surface area contributed by atoms with Crippen LogP contribution in [-0.2, 0) is 13.1 Å². The Kier molecular flexibility index (Phi) is 4.80. The van der Waals surface area contributed by atoms with Gasteiger partial charge in [-0.3, -0.25) is 4.90 Å². The van der Waals surface area contributed by atoms with Crippen LogP contribution in [0.4, 0.5) is 0 Å². The van der Waals surface area contributed by atoms with E-state index in [0.717, 1.165) is 30.1 Å². The number of aromatic nitrogens is 1. The maximum atomic E-state index is 10.2. The molecule has 0 unspecified atom stereocenters. The molecule has 2 aromatic rings. The molecule has 4 nitrogen and oxygen atoms in total. The summed E-state index contributed by atoms with van der Waals surface area (Å²) in [5.74, 6) is 0.848. The maximum absolute atomic E-state index is 10.2. The SMILES string of the molecule is Cc1noc(C)c1CN(Cc1ccccc1)CC(C)(C)O.